The zero-order valence-corrected chi connectivity index (χ0v) is 14.7. The molecule has 1 aliphatic heterocycles. The first kappa shape index (κ1) is 18.0. The lowest BCUT2D eigenvalue weighted by Crippen LogP contribution is -2.40. The molecule has 2 rings (SSSR count). The smallest absolute Gasteiger partial charge is 0.263 e. The fourth-order valence-corrected chi connectivity index (χ4v) is 2.95. The van der Waals surface area contributed by atoms with Crippen LogP contribution in [0.3, 0.4) is 0 Å². The molecule has 1 aromatic rings. The molecular formula is C19H26N4O. The van der Waals surface area contributed by atoms with Gasteiger partial charge in [-0.05, 0) is 45.5 Å². The normalized spacial score (nSPS) is 17.8. The summed E-state index contributed by atoms with van der Waals surface area (Å²) in [6.45, 7) is 4.01. The topological polar surface area (TPSA) is 59.4 Å². The minimum atomic E-state index is -0.325. The number of likely N-dealkylation sites (tertiary alicyclic amines) is 1. The van der Waals surface area contributed by atoms with Crippen LogP contribution in [0.4, 0.5) is 0 Å². The number of amides is 1. The van der Waals surface area contributed by atoms with E-state index in [-0.39, 0.29) is 17.5 Å². The van der Waals surface area contributed by atoms with Crippen molar-refractivity contribution in [1.82, 2.24) is 15.1 Å². The molecule has 1 heterocycles. The molecule has 0 radical (unpaired) electrons. The highest BCUT2D eigenvalue weighted by atomic mass is 16.1. The fourth-order valence-electron chi connectivity index (χ4n) is 2.95. The summed E-state index contributed by atoms with van der Waals surface area (Å²) in [6.07, 6.45) is 3.78. The number of carbonyl (C=O) groups excluding carboxylic acids is 1. The van der Waals surface area contributed by atoms with Gasteiger partial charge in [-0.25, -0.2) is 0 Å². The van der Waals surface area contributed by atoms with Crippen LogP contribution in [-0.4, -0.2) is 48.9 Å². The second kappa shape index (κ2) is 8.51. The quantitative estimate of drug-likeness (QED) is 0.666. The van der Waals surface area contributed by atoms with Gasteiger partial charge in [0.2, 0.25) is 0 Å². The van der Waals surface area contributed by atoms with Crippen LogP contribution in [0.5, 0.6) is 0 Å². The average molecular weight is 326 g/mol. The van der Waals surface area contributed by atoms with Gasteiger partial charge in [0.05, 0.1) is 6.04 Å². The summed E-state index contributed by atoms with van der Waals surface area (Å²) in [5.74, 6) is -0.325. The lowest BCUT2D eigenvalue weighted by molar-refractivity contribution is -0.117. The van der Waals surface area contributed by atoms with Crippen molar-refractivity contribution in [2.24, 2.45) is 0 Å². The molecule has 1 saturated heterocycles. The Morgan fingerprint density at radius 3 is 2.58 bits per heavy atom. The van der Waals surface area contributed by atoms with Crippen molar-refractivity contribution >= 4 is 5.91 Å². The summed E-state index contributed by atoms with van der Waals surface area (Å²) in [4.78, 5) is 16.7. The molecule has 0 aromatic heterocycles. The zero-order valence-electron chi connectivity index (χ0n) is 14.7. The second-order valence-corrected chi connectivity index (χ2v) is 6.46. The third-order valence-electron chi connectivity index (χ3n) is 4.61. The van der Waals surface area contributed by atoms with Gasteiger partial charge in [0.1, 0.15) is 11.6 Å². The van der Waals surface area contributed by atoms with E-state index in [4.69, 9.17) is 0 Å². The number of nitrogens with zero attached hydrogens (tertiary/aromatic N) is 3. The van der Waals surface area contributed by atoms with Crippen LogP contribution in [0, 0.1) is 11.3 Å². The van der Waals surface area contributed by atoms with Gasteiger partial charge in [-0.1, -0.05) is 30.3 Å². The Labute approximate surface area is 144 Å². The second-order valence-electron chi connectivity index (χ2n) is 6.46. The van der Waals surface area contributed by atoms with Crippen molar-refractivity contribution in [2.75, 3.05) is 27.2 Å². The Morgan fingerprint density at radius 2 is 2.00 bits per heavy atom. The van der Waals surface area contributed by atoms with E-state index in [2.05, 4.69) is 17.3 Å². The number of rotatable bonds is 5. The number of piperidine rings is 1. The molecule has 0 spiro atoms. The van der Waals surface area contributed by atoms with Gasteiger partial charge < -0.3 is 15.1 Å². The molecule has 0 bridgehead atoms. The lowest BCUT2D eigenvalue weighted by Gasteiger charge is -2.34. The van der Waals surface area contributed by atoms with Crippen molar-refractivity contribution in [2.45, 2.75) is 31.8 Å². The predicted molar refractivity (Wildman–Crippen MR) is 95.0 cm³/mol. The first-order valence-electron chi connectivity index (χ1n) is 8.39. The highest BCUT2D eigenvalue weighted by molar-refractivity contribution is 5.97. The van der Waals surface area contributed by atoms with Crippen molar-refractivity contribution in [1.29, 1.82) is 5.26 Å². The predicted octanol–water partition coefficient (Wildman–Crippen LogP) is 2.30. The molecule has 0 aliphatic carbocycles. The molecule has 128 valence electrons. The maximum atomic E-state index is 12.4. The summed E-state index contributed by atoms with van der Waals surface area (Å²) < 4.78 is 0. The van der Waals surface area contributed by atoms with Crippen LogP contribution in [0.25, 0.3) is 0 Å². The molecule has 5 nitrogen and oxygen atoms in total. The number of nitriles is 1. The van der Waals surface area contributed by atoms with Crippen LogP contribution in [0.15, 0.2) is 42.1 Å². The number of carbonyl (C=O) groups is 1. The molecule has 5 heteroatoms. The third kappa shape index (κ3) is 4.84. The van der Waals surface area contributed by atoms with Gasteiger partial charge in [0.25, 0.3) is 5.91 Å². The first-order chi connectivity index (χ1) is 11.5. The summed E-state index contributed by atoms with van der Waals surface area (Å²) in [6, 6.07) is 12.0. The fraction of sp³-hybridized carbons (Fsp3) is 0.474. The standard InChI is InChI=1S/C19H26N4O/c1-15(16-7-5-4-6-8-16)21-19(24)17(13-20)14-23(3)18-9-11-22(2)12-10-18/h4-8,14-15,18H,9-12H2,1-3H3,(H,21,24)/b17-14-. The van der Waals surface area contributed by atoms with Gasteiger partial charge in [-0.15, -0.1) is 0 Å². The minimum Gasteiger partial charge on any atom is -0.376 e. The van der Waals surface area contributed by atoms with E-state index in [0.717, 1.165) is 31.5 Å². The molecule has 24 heavy (non-hydrogen) atoms. The van der Waals surface area contributed by atoms with Crippen LogP contribution in [0.2, 0.25) is 0 Å². The van der Waals surface area contributed by atoms with Gasteiger partial charge in [-0.3, -0.25) is 4.79 Å². The first-order valence-corrected chi connectivity index (χ1v) is 8.39. The van der Waals surface area contributed by atoms with Crippen molar-refractivity contribution < 1.29 is 4.79 Å². The molecular weight excluding hydrogens is 300 g/mol. The molecule has 1 aliphatic rings. The van der Waals surface area contributed by atoms with E-state index in [1.807, 2.05) is 55.3 Å². The minimum absolute atomic E-state index is 0.135. The molecule has 1 atom stereocenters. The van der Waals surface area contributed by atoms with E-state index in [9.17, 15) is 10.1 Å². The summed E-state index contributed by atoms with van der Waals surface area (Å²) in [5, 5.41) is 12.3. The van der Waals surface area contributed by atoms with Crippen LogP contribution in [-0.2, 0) is 4.79 Å². The van der Waals surface area contributed by atoms with Gasteiger partial charge in [-0.2, -0.15) is 5.26 Å². The lowest BCUT2D eigenvalue weighted by atomic mass is 10.0. The Kier molecular flexibility index (Phi) is 6.39. The van der Waals surface area contributed by atoms with Gasteiger partial charge >= 0.3 is 0 Å². The SMILES string of the molecule is CC(NC(=O)/C(C#N)=C\N(C)C1CCN(C)CC1)c1ccccc1. The summed E-state index contributed by atoms with van der Waals surface area (Å²) in [7, 11) is 4.06. The van der Waals surface area contributed by atoms with E-state index in [1.165, 1.54) is 0 Å². The van der Waals surface area contributed by atoms with E-state index in [1.54, 1.807) is 6.20 Å². The Bertz CT molecular complexity index is 612. The zero-order chi connectivity index (χ0) is 17.5. The van der Waals surface area contributed by atoms with E-state index in [0.29, 0.717) is 6.04 Å². The molecule has 1 fully saturated rings. The summed E-state index contributed by atoms with van der Waals surface area (Å²) in [5.41, 5.74) is 1.17. The van der Waals surface area contributed by atoms with Crippen molar-refractivity contribution in [3.8, 4) is 6.07 Å². The van der Waals surface area contributed by atoms with E-state index < -0.39 is 0 Å². The molecule has 1 N–H and O–H groups in total. The van der Waals surface area contributed by atoms with Crippen LogP contribution >= 0.6 is 0 Å². The maximum Gasteiger partial charge on any atom is 0.263 e. The largest absolute Gasteiger partial charge is 0.376 e. The Morgan fingerprint density at radius 1 is 1.38 bits per heavy atom. The Hall–Kier alpha value is -2.32. The monoisotopic (exact) mass is 326 g/mol. The number of hydrogen-bond donors (Lipinski definition) is 1. The van der Waals surface area contributed by atoms with Crippen molar-refractivity contribution in [3.05, 3.63) is 47.7 Å². The number of nitrogens with one attached hydrogen (secondary N) is 1. The average Bonchev–Trinajstić information content (AvgIpc) is 2.60. The molecule has 1 unspecified atom stereocenters. The highest BCUT2D eigenvalue weighted by Gasteiger charge is 2.21. The molecule has 1 amide bonds. The maximum absolute atomic E-state index is 12.4. The summed E-state index contributed by atoms with van der Waals surface area (Å²) >= 11 is 0. The van der Waals surface area contributed by atoms with E-state index >= 15 is 0 Å². The van der Waals surface area contributed by atoms with Gasteiger partial charge in [0.15, 0.2) is 0 Å². The third-order valence-corrected chi connectivity index (χ3v) is 4.61. The highest BCUT2D eigenvalue weighted by Crippen LogP contribution is 2.16. The van der Waals surface area contributed by atoms with Gasteiger partial charge in [0, 0.05) is 19.3 Å². The Balaban J connectivity index is 1.99. The number of hydrogen-bond acceptors (Lipinski definition) is 4. The van der Waals surface area contributed by atoms with Crippen LogP contribution < -0.4 is 5.32 Å². The van der Waals surface area contributed by atoms with Crippen molar-refractivity contribution in [3.63, 3.8) is 0 Å². The molecule has 0 saturated carbocycles. The molecule has 1 aromatic carbocycles. The number of benzene rings is 1. The van der Waals surface area contributed by atoms with Crippen LogP contribution in [0.1, 0.15) is 31.4 Å².